The first-order valence-corrected chi connectivity index (χ1v) is 5.06. The van der Waals surface area contributed by atoms with E-state index in [0.717, 1.165) is 0 Å². The number of nitriles is 1. The van der Waals surface area contributed by atoms with Gasteiger partial charge in [0, 0.05) is 10.7 Å². The number of carboxylic acids is 1. The maximum atomic E-state index is 10.7. The monoisotopic (exact) mass is 238 g/mol. The fourth-order valence-electron chi connectivity index (χ4n) is 1.30. The second-order valence-electron chi connectivity index (χ2n) is 3.30. The molecule has 1 atom stereocenters. The summed E-state index contributed by atoms with van der Waals surface area (Å²) in [4.78, 5) is 12.2. The van der Waals surface area contributed by atoms with Crippen LogP contribution in [0.3, 0.4) is 0 Å². The van der Waals surface area contributed by atoms with Crippen molar-refractivity contribution in [1.82, 2.24) is 0 Å². The molecule has 0 saturated carbocycles. The molecule has 0 radical (unpaired) electrons. The van der Waals surface area contributed by atoms with Crippen LogP contribution >= 0.6 is 11.6 Å². The number of carboxylic acid groups (broad SMARTS) is 1. The van der Waals surface area contributed by atoms with E-state index >= 15 is 0 Å². The zero-order valence-electron chi connectivity index (χ0n) is 8.72. The van der Waals surface area contributed by atoms with Crippen molar-refractivity contribution in [3.63, 3.8) is 0 Å². The van der Waals surface area contributed by atoms with Crippen molar-refractivity contribution in [3.8, 4) is 6.07 Å². The van der Waals surface area contributed by atoms with Crippen LogP contribution in [0, 0.1) is 11.3 Å². The van der Waals surface area contributed by atoms with Crippen LogP contribution in [0.15, 0.2) is 24.3 Å². The Morgan fingerprint density at radius 3 is 2.56 bits per heavy atom. The minimum Gasteiger partial charge on any atom is -0.480 e. The summed E-state index contributed by atoms with van der Waals surface area (Å²) in [6, 6.07) is 8.22. The van der Waals surface area contributed by atoms with Gasteiger partial charge in [0.05, 0.1) is 6.07 Å². The van der Waals surface area contributed by atoms with Gasteiger partial charge in [-0.1, -0.05) is 11.6 Å². The molecule has 1 N–H and O–H groups in total. The summed E-state index contributed by atoms with van der Waals surface area (Å²) in [5.74, 6) is -0.975. The average Bonchev–Trinajstić information content (AvgIpc) is 2.26. The maximum Gasteiger partial charge on any atom is 0.323 e. The molecular formula is C11H11ClN2O2. The van der Waals surface area contributed by atoms with E-state index in [2.05, 4.69) is 0 Å². The smallest absolute Gasteiger partial charge is 0.323 e. The van der Waals surface area contributed by atoms with Gasteiger partial charge in [0.2, 0.25) is 0 Å². The Balaban J connectivity index is 2.97. The fraction of sp³-hybridized carbons (Fsp3) is 0.273. The van der Waals surface area contributed by atoms with Gasteiger partial charge >= 0.3 is 5.97 Å². The van der Waals surface area contributed by atoms with Gasteiger partial charge in [-0.15, -0.1) is 0 Å². The number of benzene rings is 1. The van der Waals surface area contributed by atoms with E-state index in [1.54, 1.807) is 31.2 Å². The van der Waals surface area contributed by atoms with E-state index in [0.29, 0.717) is 10.7 Å². The van der Waals surface area contributed by atoms with Crippen LogP contribution in [0.25, 0.3) is 0 Å². The van der Waals surface area contributed by atoms with Crippen molar-refractivity contribution in [2.75, 3.05) is 11.4 Å². The van der Waals surface area contributed by atoms with Crippen LogP contribution in [0.5, 0.6) is 0 Å². The molecular weight excluding hydrogens is 228 g/mol. The Bertz CT molecular complexity index is 411. The molecule has 16 heavy (non-hydrogen) atoms. The van der Waals surface area contributed by atoms with E-state index in [4.69, 9.17) is 22.0 Å². The Labute approximate surface area is 98.7 Å². The van der Waals surface area contributed by atoms with Crippen LogP contribution < -0.4 is 4.90 Å². The Kier molecular flexibility index (Phi) is 4.15. The minimum absolute atomic E-state index is 0.212. The van der Waals surface area contributed by atoms with Gasteiger partial charge in [0.1, 0.15) is 12.6 Å². The molecule has 0 aromatic heterocycles. The van der Waals surface area contributed by atoms with E-state index in [1.807, 2.05) is 6.07 Å². The molecule has 0 saturated heterocycles. The number of hydrogen-bond acceptors (Lipinski definition) is 3. The molecule has 0 aliphatic heterocycles. The number of halogens is 1. The van der Waals surface area contributed by atoms with Crippen LogP contribution in [0.1, 0.15) is 6.92 Å². The molecule has 1 rings (SSSR count). The van der Waals surface area contributed by atoms with Gasteiger partial charge in [-0.3, -0.25) is 4.79 Å². The lowest BCUT2D eigenvalue weighted by molar-refractivity contribution is -0.135. The number of nitrogens with zero attached hydrogens (tertiary/aromatic N) is 2. The molecule has 0 aliphatic carbocycles. The van der Waals surface area contributed by atoms with Crippen molar-refractivity contribution in [2.45, 2.75) is 13.0 Å². The van der Waals surface area contributed by atoms with E-state index in [9.17, 15) is 4.79 Å². The molecule has 1 aromatic carbocycles. The highest BCUT2D eigenvalue weighted by Gasteiger charge is 2.16. The van der Waals surface area contributed by atoms with Crippen molar-refractivity contribution in [3.05, 3.63) is 29.3 Å². The second kappa shape index (κ2) is 5.38. The lowest BCUT2D eigenvalue weighted by atomic mass is 10.2. The second-order valence-corrected chi connectivity index (χ2v) is 3.74. The van der Waals surface area contributed by atoms with Gasteiger partial charge in [-0.2, -0.15) is 5.26 Å². The zero-order chi connectivity index (χ0) is 12.1. The Hall–Kier alpha value is -1.73. The number of hydrogen-bond donors (Lipinski definition) is 1. The summed E-state index contributed by atoms with van der Waals surface area (Å²) < 4.78 is 0. The maximum absolute atomic E-state index is 10.7. The highest BCUT2D eigenvalue weighted by Crippen LogP contribution is 2.19. The van der Waals surface area contributed by atoms with Crippen molar-refractivity contribution in [1.29, 1.82) is 5.26 Å². The zero-order valence-corrected chi connectivity index (χ0v) is 9.48. The highest BCUT2D eigenvalue weighted by molar-refractivity contribution is 6.30. The lowest BCUT2D eigenvalue weighted by Gasteiger charge is -2.25. The molecule has 0 heterocycles. The van der Waals surface area contributed by atoms with E-state index in [-0.39, 0.29) is 6.54 Å². The van der Waals surface area contributed by atoms with Gasteiger partial charge in [-0.05, 0) is 31.2 Å². The third-order valence-corrected chi connectivity index (χ3v) is 2.37. The predicted octanol–water partition coefficient (Wildman–Crippen LogP) is 2.14. The van der Waals surface area contributed by atoms with Crippen molar-refractivity contribution >= 4 is 23.3 Å². The quantitative estimate of drug-likeness (QED) is 0.873. The van der Waals surface area contributed by atoms with Gasteiger partial charge in [0.25, 0.3) is 0 Å². The van der Waals surface area contributed by atoms with Crippen LogP contribution in [0.2, 0.25) is 5.02 Å². The molecule has 0 fully saturated rings. The molecule has 0 aliphatic rings. The first kappa shape index (κ1) is 12.3. The minimum atomic E-state index is -0.975. The number of anilines is 1. The largest absolute Gasteiger partial charge is 0.480 e. The number of aliphatic carboxylic acids is 1. The summed E-state index contributed by atoms with van der Waals surface area (Å²) >= 11 is 5.74. The molecule has 4 nitrogen and oxygen atoms in total. The Morgan fingerprint density at radius 1 is 1.56 bits per heavy atom. The molecule has 0 bridgehead atoms. The van der Waals surface area contributed by atoms with Gasteiger partial charge in [-0.25, -0.2) is 0 Å². The number of carbonyl (C=O) groups is 1. The summed E-state index contributed by atoms with van der Waals surface area (Å²) in [5.41, 5.74) is 0.667. The first-order chi connectivity index (χ1) is 7.54. The SMILES string of the molecule is CC(C#N)N(CC(=O)O)c1ccc(Cl)cc1. The van der Waals surface area contributed by atoms with Crippen molar-refractivity contribution < 1.29 is 9.90 Å². The normalized spacial score (nSPS) is 11.6. The Morgan fingerprint density at radius 2 is 2.12 bits per heavy atom. The number of rotatable bonds is 4. The average molecular weight is 239 g/mol. The first-order valence-electron chi connectivity index (χ1n) is 4.68. The molecule has 5 heteroatoms. The van der Waals surface area contributed by atoms with Crippen molar-refractivity contribution in [2.24, 2.45) is 0 Å². The summed E-state index contributed by atoms with van der Waals surface area (Å²) in [6.45, 7) is 1.44. The topological polar surface area (TPSA) is 64.3 Å². The third-order valence-electron chi connectivity index (χ3n) is 2.12. The lowest BCUT2D eigenvalue weighted by Crippen LogP contribution is -2.36. The molecule has 0 spiro atoms. The van der Waals surface area contributed by atoms with Crippen LogP contribution in [-0.4, -0.2) is 23.7 Å². The van der Waals surface area contributed by atoms with Gasteiger partial charge < -0.3 is 10.0 Å². The van der Waals surface area contributed by atoms with E-state index < -0.39 is 12.0 Å². The predicted molar refractivity (Wildman–Crippen MR) is 61.5 cm³/mol. The molecule has 1 unspecified atom stereocenters. The van der Waals surface area contributed by atoms with E-state index in [1.165, 1.54) is 4.90 Å². The summed E-state index contributed by atoms with van der Waals surface area (Å²) in [5, 5.41) is 18.2. The summed E-state index contributed by atoms with van der Waals surface area (Å²) in [7, 11) is 0. The molecule has 84 valence electrons. The van der Waals surface area contributed by atoms with Gasteiger partial charge in [0.15, 0.2) is 0 Å². The standard InChI is InChI=1S/C11H11ClN2O2/c1-8(6-13)14(7-11(15)16)10-4-2-9(12)3-5-10/h2-5,8H,7H2,1H3,(H,15,16). The highest BCUT2D eigenvalue weighted by atomic mass is 35.5. The third kappa shape index (κ3) is 3.14. The summed E-state index contributed by atoms with van der Waals surface area (Å²) in [6.07, 6.45) is 0. The molecule has 0 amide bonds. The van der Waals surface area contributed by atoms with Crippen LogP contribution in [-0.2, 0) is 4.79 Å². The molecule has 1 aromatic rings. The van der Waals surface area contributed by atoms with Crippen LogP contribution in [0.4, 0.5) is 5.69 Å². The fourth-order valence-corrected chi connectivity index (χ4v) is 1.43.